The minimum Gasteiger partial charge on any atom is -0.346 e. The van der Waals surface area contributed by atoms with Gasteiger partial charge in [-0.1, -0.05) is 54.1 Å². The number of hydrogen-bond donors (Lipinski definition) is 1. The standard InChI is InChI=1S/C22H20N2O2/c1-15-10-12-17(13-11-15)21(25)19-8-3-4-9-20(19)22(26)23-14-18-7-5-6-16(2)24-18/h3-13H,14H2,1-2H3,(H,23,26). The van der Waals surface area contributed by atoms with Crippen molar-refractivity contribution >= 4 is 11.7 Å². The van der Waals surface area contributed by atoms with Crippen molar-refractivity contribution in [2.45, 2.75) is 20.4 Å². The van der Waals surface area contributed by atoms with Gasteiger partial charge in [-0.25, -0.2) is 0 Å². The van der Waals surface area contributed by atoms with Crippen molar-refractivity contribution in [2.75, 3.05) is 0 Å². The minimum absolute atomic E-state index is 0.163. The molecule has 0 aliphatic heterocycles. The molecule has 0 aliphatic rings. The fraction of sp³-hybridized carbons (Fsp3) is 0.136. The average molecular weight is 344 g/mol. The summed E-state index contributed by atoms with van der Waals surface area (Å²) >= 11 is 0. The van der Waals surface area contributed by atoms with Crippen molar-refractivity contribution in [3.8, 4) is 0 Å². The largest absolute Gasteiger partial charge is 0.346 e. The highest BCUT2D eigenvalue weighted by molar-refractivity contribution is 6.15. The summed E-state index contributed by atoms with van der Waals surface area (Å²) in [5.74, 6) is -0.450. The Kier molecular flexibility index (Phi) is 5.23. The van der Waals surface area contributed by atoms with Gasteiger partial charge >= 0.3 is 0 Å². The van der Waals surface area contributed by atoms with Crippen LogP contribution in [0.4, 0.5) is 0 Å². The SMILES string of the molecule is Cc1ccc(C(=O)c2ccccc2C(=O)NCc2cccc(C)n2)cc1. The summed E-state index contributed by atoms with van der Waals surface area (Å²) < 4.78 is 0. The van der Waals surface area contributed by atoms with Gasteiger partial charge in [0.2, 0.25) is 0 Å². The first-order valence-corrected chi connectivity index (χ1v) is 8.46. The predicted molar refractivity (Wildman–Crippen MR) is 101 cm³/mol. The zero-order chi connectivity index (χ0) is 18.5. The summed E-state index contributed by atoms with van der Waals surface area (Å²) in [7, 11) is 0. The van der Waals surface area contributed by atoms with E-state index in [0.29, 0.717) is 23.2 Å². The number of nitrogens with zero attached hydrogens (tertiary/aromatic N) is 1. The third-order valence-corrected chi connectivity index (χ3v) is 4.11. The van der Waals surface area contributed by atoms with Crippen LogP contribution in [0.25, 0.3) is 0 Å². The Morgan fingerprint density at radius 3 is 2.23 bits per heavy atom. The molecule has 0 radical (unpaired) electrons. The Labute approximate surface area is 152 Å². The Bertz CT molecular complexity index is 946. The molecule has 0 atom stereocenters. The van der Waals surface area contributed by atoms with Gasteiger partial charge in [-0.3, -0.25) is 14.6 Å². The molecule has 0 fully saturated rings. The van der Waals surface area contributed by atoms with Crippen molar-refractivity contribution in [2.24, 2.45) is 0 Å². The van der Waals surface area contributed by atoms with E-state index in [9.17, 15) is 9.59 Å². The summed E-state index contributed by atoms with van der Waals surface area (Å²) in [6.07, 6.45) is 0. The molecule has 2 aromatic carbocycles. The Balaban J connectivity index is 1.81. The lowest BCUT2D eigenvalue weighted by Crippen LogP contribution is -2.25. The highest BCUT2D eigenvalue weighted by Gasteiger charge is 2.17. The van der Waals surface area contributed by atoms with E-state index in [4.69, 9.17) is 0 Å². The van der Waals surface area contributed by atoms with Crippen LogP contribution in [0.3, 0.4) is 0 Å². The molecule has 3 aromatic rings. The molecule has 0 bridgehead atoms. The molecule has 0 unspecified atom stereocenters. The van der Waals surface area contributed by atoms with Gasteiger partial charge in [-0.15, -0.1) is 0 Å². The lowest BCUT2D eigenvalue weighted by atomic mass is 9.97. The van der Waals surface area contributed by atoms with E-state index in [1.54, 1.807) is 36.4 Å². The molecule has 1 amide bonds. The van der Waals surface area contributed by atoms with Crippen LogP contribution < -0.4 is 5.32 Å². The van der Waals surface area contributed by atoms with Crippen LogP contribution in [-0.2, 0) is 6.54 Å². The van der Waals surface area contributed by atoms with E-state index >= 15 is 0 Å². The first kappa shape index (κ1) is 17.5. The van der Waals surface area contributed by atoms with E-state index < -0.39 is 0 Å². The highest BCUT2D eigenvalue weighted by atomic mass is 16.2. The zero-order valence-corrected chi connectivity index (χ0v) is 14.8. The van der Waals surface area contributed by atoms with Crippen LogP contribution >= 0.6 is 0 Å². The second-order valence-electron chi connectivity index (χ2n) is 6.19. The maximum atomic E-state index is 12.8. The molecule has 0 aliphatic carbocycles. The quantitative estimate of drug-likeness (QED) is 0.715. The van der Waals surface area contributed by atoms with Crippen molar-refractivity contribution < 1.29 is 9.59 Å². The van der Waals surface area contributed by atoms with E-state index in [1.165, 1.54) is 0 Å². The monoisotopic (exact) mass is 344 g/mol. The van der Waals surface area contributed by atoms with Crippen LogP contribution in [0.2, 0.25) is 0 Å². The Morgan fingerprint density at radius 1 is 0.846 bits per heavy atom. The fourth-order valence-corrected chi connectivity index (χ4v) is 2.70. The maximum Gasteiger partial charge on any atom is 0.252 e. The van der Waals surface area contributed by atoms with Crippen molar-refractivity contribution in [1.29, 1.82) is 0 Å². The number of aryl methyl sites for hydroxylation is 2. The molecule has 4 heteroatoms. The predicted octanol–water partition coefficient (Wildman–Crippen LogP) is 3.86. The van der Waals surface area contributed by atoms with Crippen LogP contribution in [0.1, 0.15) is 43.2 Å². The summed E-state index contributed by atoms with van der Waals surface area (Å²) in [5.41, 5.74) is 4.08. The van der Waals surface area contributed by atoms with Gasteiger partial charge in [0.15, 0.2) is 5.78 Å². The number of nitrogens with one attached hydrogen (secondary N) is 1. The Hall–Kier alpha value is -3.27. The summed E-state index contributed by atoms with van der Waals surface area (Å²) in [4.78, 5) is 29.8. The van der Waals surface area contributed by atoms with Gasteiger partial charge < -0.3 is 5.32 Å². The molecule has 130 valence electrons. The van der Waals surface area contributed by atoms with Gasteiger partial charge in [-0.05, 0) is 32.0 Å². The number of hydrogen-bond acceptors (Lipinski definition) is 3. The van der Waals surface area contributed by atoms with Gasteiger partial charge in [0.1, 0.15) is 0 Å². The van der Waals surface area contributed by atoms with Crippen LogP contribution in [-0.4, -0.2) is 16.7 Å². The topological polar surface area (TPSA) is 59.1 Å². The van der Waals surface area contributed by atoms with Crippen molar-refractivity contribution in [1.82, 2.24) is 10.3 Å². The summed E-state index contributed by atoms with van der Waals surface area (Å²) in [5, 5.41) is 2.84. The third kappa shape index (κ3) is 4.03. The molecule has 0 saturated heterocycles. The van der Waals surface area contributed by atoms with Gasteiger partial charge in [0, 0.05) is 16.8 Å². The molecule has 1 heterocycles. The summed E-state index contributed by atoms with van der Waals surface area (Å²) in [6, 6.07) is 19.9. The molecule has 4 nitrogen and oxygen atoms in total. The molecule has 0 saturated carbocycles. The zero-order valence-electron chi connectivity index (χ0n) is 14.8. The molecular formula is C22H20N2O2. The smallest absolute Gasteiger partial charge is 0.252 e. The van der Waals surface area contributed by atoms with E-state index in [-0.39, 0.29) is 11.7 Å². The van der Waals surface area contributed by atoms with Crippen LogP contribution in [0.5, 0.6) is 0 Å². The highest BCUT2D eigenvalue weighted by Crippen LogP contribution is 2.16. The molecule has 26 heavy (non-hydrogen) atoms. The molecule has 1 aromatic heterocycles. The second-order valence-corrected chi connectivity index (χ2v) is 6.19. The van der Waals surface area contributed by atoms with E-state index in [2.05, 4.69) is 10.3 Å². The number of aromatic nitrogens is 1. The normalized spacial score (nSPS) is 10.4. The Morgan fingerprint density at radius 2 is 1.54 bits per heavy atom. The first-order valence-electron chi connectivity index (χ1n) is 8.46. The minimum atomic E-state index is -0.288. The maximum absolute atomic E-state index is 12.8. The number of rotatable bonds is 5. The summed E-state index contributed by atoms with van der Waals surface area (Å²) in [6.45, 7) is 4.18. The number of benzene rings is 2. The lowest BCUT2D eigenvalue weighted by molar-refractivity contribution is 0.0939. The van der Waals surface area contributed by atoms with Crippen molar-refractivity contribution in [3.05, 3.63) is 100 Å². The number of pyridine rings is 1. The third-order valence-electron chi connectivity index (χ3n) is 4.11. The molecule has 3 rings (SSSR count). The lowest BCUT2D eigenvalue weighted by Gasteiger charge is -2.10. The van der Waals surface area contributed by atoms with Gasteiger partial charge in [-0.2, -0.15) is 0 Å². The average Bonchev–Trinajstić information content (AvgIpc) is 2.66. The molecular weight excluding hydrogens is 324 g/mol. The molecule has 0 spiro atoms. The van der Waals surface area contributed by atoms with Gasteiger partial charge in [0.25, 0.3) is 5.91 Å². The number of carbonyl (C=O) groups excluding carboxylic acids is 2. The number of carbonyl (C=O) groups is 2. The second kappa shape index (κ2) is 7.74. The first-order chi connectivity index (χ1) is 12.5. The van der Waals surface area contributed by atoms with Crippen LogP contribution in [0, 0.1) is 13.8 Å². The number of ketones is 1. The fourth-order valence-electron chi connectivity index (χ4n) is 2.70. The number of amides is 1. The van der Waals surface area contributed by atoms with Gasteiger partial charge in [0.05, 0.1) is 17.8 Å². The van der Waals surface area contributed by atoms with Crippen molar-refractivity contribution in [3.63, 3.8) is 0 Å². The molecule has 1 N–H and O–H groups in total. The van der Waals surface area contributed by atoms with Crippen LogP contribution in [0.15, 0.2) is 66.7 Å². The van der Waals surface area contributed by atoms with E-state index in [1.807, 2.05) is 44.2 Å². The van der Waals surface area contributed by atoms with E-state index in [0.717, 1.165) is 17.0 Å².